The van der Waals surface area contributed by atoms with Crippen molar-refractivity contribution in [2.45, 2.75) is 6.54 Å². The Balaban J connectivity index is 1.83. The summed E-state index contributed by atoms with van der Waals surface area (Å²) in [6.07, 6.45) is 1.41. The highest BCUT2D eigenvalue weighted by molar-refractivity contribution is 8.24. The molecule has 2 amide bonds. The summed E-state index contributed by atoms with van der Waals surface area (Å²) in [5.41, 5.74) is 1.56. The number of urea groups is 1. The van der Waals surface area contributed by atoms with E-state index in [1.165, 1.54) is 13.3 Å². The number of ether oxygens (including phenoxy) is 2. The lowest BCUT2D eigenvalue weighted by molar-refractivity contribution is 0.0600. The minimum atomic E-state index is -2.61. The number of carbonyl (C=O) groups is 2. The maximum Gasteiger partial charge on any atom is 0.339 e. The van der Waals surface area contributed by atoms with Gasteiger partial charge in [-0.05, 0) is 36.4 Å². The largest absolute Gasteiger partial charge is 0.497 e. The van der Waals surface area contributed by atoms with Crippen LogP contribution in [-0.2, 0) is 11.3 Å². The van der Waals surface area contributed by atoms with Gasteiger partial charge >= 0.3 is 12.0 Å². The first-order valence-corrected chi connectivity index (χ1v) is 11.2. The van der Waals surface area contributed by atoms with Crippen molar-refractivity contribution in [1.29, 1.82) is 0 Å². The lowest BCUT2D eigenvalue weighted by Gasteiger charge is -2.42. The fraction of sp³-hybridized carbons (Fsp3) is 0.350. The van der Waals surface area contributed by atoms with Crippen molar-refractivity contribution in [3.63, 3.8) is 0 Å². The van der Waals surface area contributed by atoms with E-state index in [4.69, 9.17) is 4.74 Å². The molecule has 1 aromatic heterocycles. The fourth-order valence-electron chi connectivity index (χ4n) is 3.04. The van der Waals surface area contributed by atoms with Gasteiger partial charge in [-0.25, -0.2) is 9.59 Å². The molecule has 1 aromatic carbocycles. The van der Waals surface area contributed by atoms with Crippen molar-refractivity contribution in [3.05, 3.63) is 53.9 Å². The molecular formula is C20H25N3O6S. The summed E-state index contributed by atoms with van der Waals surface area (Å²) >= 11 is 0. The zero-order valence-corrected chi connectivity index (χ0v) is 17.7. The van der Waals surface area contributed by atoms with Crippen LogP contribution in [0.2, 0.25) is 0 Å². The van der Waals surface area contributed by atoms with Crippen molar-refractivity contribution in [2.24, 2.45) is 0 Å². The Morgan fingerprint density at radius 1 is 1.10 bits per heavy atom. The summed E-state index contributed by atoms with van der Waals surface area (Å²) in [6.45, 7) is 0.713. The summed E-state index contributed by atoms with van der Waals surface area (Å²) < 4.78 is 29.6. The molecule has 0 bridgehead atoms. The number of anilines is 1. The van der Waals surface area contributed by atoms with Gasteiger partial charge in [0.15, 0.2) is 0 Å². The molecule has 10 heteroatoms. The number of hydrogen-bond acceptors (Lipinski definition) is 7. The third-order valence-corrected chi connectivity index (χ3v) is 6.50. The molecule has 1 aliphatic heterocycles. The average Bonchev–Trinajstić information content (AvgIpc) is 2.77. The number of esters is 1. The standard InChI is InChI=1S/C20H25N3O6S/c1-28-18-7-5-17(6-8-18)23(20(25)22-9-11-30(26,27)12-10-22)14-16-4-3-15(13-21-16)19(24)29-2/h3-8,13,26-27H,9-12,14H2,1-2H3. The Kier molecular flexibility index (Phi) is 6.80. The van der Waals surface area contributed by atoms with Crippen molar-refractivity contribution in [2.75, 3.05) is 43.7 Å². The van der Waals surface area contributed by atoms with Crippen LogP contribution in [0, 0.1) is 0 Å². The Labute approximate surface area is 176 Å². The monoisotopic (exact) mass is 435 g/mol. The Hall–Kier alpha value is -2.82. The summed E-state index contributed by atoms with van der Waals surface area (Å²) in [4.78, 5) is 32.3. The molecular weight excluding hydrogens is 410 g/mol. The van der Waals surface area contributed by atoms with E-state index in [1.807, 2.05) is 0 Å². The molecule has 0 atom stereocenters. The Morgan fingerprint density at radius 2 is 1.77 bits per heavy atom. The van der Waals surface area contributed by atoms with Crippen molar-refractivity contribution >= 4 is 28.3 Å². The third kappa shape index (κ3) is 5.21. The van der Waals surface area contributed by atoms with Crippen LogP contribution in [0.1, 0.15) is 16.1 Å². The smallest absolute Gasteiger partial charge is 0.339 e. The number of methoxy groups -OCH3 is 2. The van der Waals surface area contributed by atoms with E-state index in [9.17, 15) is 18.7 Å². The molecule has 1 aliphatic rings. The zero-order chi connectivity index (χ0) is 21.7. The van der Waals surface area contributed by atoms with Crippen LogP contribution in [0.25, 0.3) is 0 Å². The second-order valence-corrected chi connectivity index (χ2v) is 9.21. The van der Waals surface area contributed by atoms with Gasteiger partial charge in [-0.1, -0.05) is 0 Å². The number of pyridine rings is 1. The normalized spacial score (nSPS) is 16.5. The number of aromatic nitrogens is 1. The number of nitrogens with zero attached hydrogens (tertiary/aromatic N) is 3. The summed E-state index contributed by atoms with van der Waals surface area (Å²) in [5, 5.41) is 0. The van der Waals surface area contributed by atoms with E-state index in [-0.39, 0.29) is 37.2 Å². The Morgan fingerprint density at radius 3 is 2.30 bits per heavy atom. The molecule has 2 N–H and O–H groups in total. The molecule has 1 saturated heterocycles. The van der Waals surface area contributed by atoms with Gasteiger partial charge in [-0.15, -0.1) is 0 Å². The topological polar surface area (TPSA) is 112 Å². The van der Waals surface area contributed by atoms with Crippen LogP contribution in [0.15, 0.2) is 42.6 Å². The maximum atomic E-state index is 13.3. The molecule has 0 saturated carbocycles. The predicted octanol–water partition coefficient (Wildman–Crippen LogP) is 3.07. The van der Waals surface area contributed by atoms with Crippen LogP contribution in [0.5, 0.6) is 5.75 Å². The lowest BCUT2D eigenvalue weighted by atomic mass is 10.2. The second kappa shape index (κ2) is 9.33. The summed E-state index contributed by atoms with van der Waals surface area (Å²) in [6, 6.07) is 10.1. The molecule has 9 nitrogen and oxygen atoms in total. The second-order valence-electron chi connectivity index (χ2n) is 6.79. The van der Waals surface area contributed by atoms with E-state index < -0.39 is 16.6 Å². The Bertz CT molecular complexity index is 878. The summed E-state index contributed by atoms with van der Waals surface area (Å²) in [5.74, 6) is 0.519. The quantitative estimate of drug-likeness (QED) is 0.694. The molecule has 0 aliphatic carbocycles. The molecule has 0 radical (unpaired) electrons. The van der Waals surface area contributed by atoms with Gasteiger partial charge in [0.25, 0.3) is 0 Å². The fourth-order valence-corrected chi connectivity index (χ4v) is 4.27. The molecule has 0 spiro atoms. The van der Waals surface area contributed by atoms with Crippen LogP contribution in [0.4, 0.5) is 10.5 Å². The van der Waals surface area contributed by atoms with Gasteiger partial charge in [-0.2, -0.15) is 10.6 Å². The first-order valence-electron chi connectivity index (χ1n) is 9.30. The molecule has 1 fully saturated rings. The third-order valence-electron chi connectivity index (χ3n) is 4.83. The van der Waals surface area contributed by atoms with E-state index in [0.29, 0.717) is 22.7 Å². The van der Waals surface area contributed by atoms with Gasteiger partial charge < -0.3 is 14.4 Å². The molecule has 3 rings (SSSR count). The first-order chi connectivity index (χ1) is 14.3. The van der Waals surface area contributed by atoms with Crippen molar-refractivity contribution < 1.29 is 28.2 Å². The SMILES string of the molecule is COC(=O)c1ccc(CN(C(=O)N2CCS(O)(O)CC2)c2ccc(OC)cc2)nc1. The number of hydrogen-bond donors (Lipinski definition) is 2. The summed E-state index contributed by atoms with van der Waals surface area (Å²) in [7, 11) is 0.258. The van der Waals surface area contributed by atoms with Crippen molar-refractivity contribution in [3.8, 4) is 5.75 Å². The maximum absolute atomic E-state index is 13.3. The average molecular weight is 436 g/mol. The van der Waals surface area contributed by atoms with Crippen LogP contribution in [-0.4, -0.2) is 69.8 Å². The molecule has 30 heavy (non-hydrogen) atoms. The highest BCUT2D eigenvalue weighted by atomic mass is 32.3. The molecule has 2 heterocycles. The predicted molar refractivity (Wildman–Crippen MR) is 114 cm³/mol. The minimum absolute atomic E-state index is 0.168. The molecule has 2 aromatic rings. The van der Waals surface area contributed by atoms with E-state index in [1.54, 1.807) is 53.3 Å². The molecule has 0 unspecified atom stereocenters. The van der Waals surface area contributed by atoms with Crippen LogP contribution < -0.4 is 9.64 Å². The molecule has 162 valence electrons. The van der Waals surface area contributed by atoms with E-state index in [0.717, 1.165) is 0 Å². The van der Waals surface area contributed by atoms with Gasteiger partial charge in [0.05, 0.1) is 43.5 Å². The lowest BCUT2D eigenvalue weighted by Crippen LogP contribution is -2.48. The van der Waals surface area contributed by atoms with E-state index in [2.05, 4.69) is 9.72 Å². The zero-order valence-electron chi connectivity index (χ0n) is 16.9. The van der Waals surface area contributed by atoms with Gasteiger partial charge in [0.2, 0.25) is 0 Å². The highest BCUT2D eigenvalue weighted by Gasteiger charge is 2.29. The van der Waals surface area contributed by atoms with E-state index >= 15 is 0 Å². The number of carbonyl (C=O) groups excluding carboxylic acids is 2. The number of rotatable bonds is 5. The van der Waals surface area contributed by atoms with Gasteiger partial charge in [0.1, 0.15) is 5.75 Å². The van der Waals surface area contributed by atoms with Crippen molar-refractivity contribution in [1.82, 2.24) is 9.88 Å². The van der Waals surface area contributed by atoms with Gasteiger partial charge in [-0.3, -0.25) is 19.0 Å². The number of amides is 2. The van der Waals surface area contributed by atoms with Crippen LogP contribution in [0.3, 0.4) is 0 Å². The highest BCUT2D eigenvalue weighted by Crippen LogP contribution is 2.40. The van der Waals surface area contributed by atoms with Gasteiger partial charge in [0, 0.05) is 25.0 Å². The minimum Gasteiger partial charge on any atom is -0.497 e. The first kappa shape index (κ1) is 21.9. The van der Waals surface area contributed by atoms with Crippen LogP contribution >= 0.6 is 10.6 Å². The number of benzene rings is 1.